The second-order valence-electron chi connectivity index (χ2n) is 11.3. The molecule has 8 nitrogen and oxygen atoms in total. The van der Waals surface area contributed by atoms with E-state index >= 15 is 0 Å². The van der Waals surface area contributed by atoms with Crippen LogP contribution in [0.4, 0.5) is 4.39 Å². The van der Waals surface area contributed by atoms with Gasteiger partial charge >= 0.3 is 0 Å². The Kier molecular flexibility index (Phi) is 7.82. The Balaban J connectivity index is 1.13. The van der Waals surface area contributed by atoms with E-state index < -0.39 is 17.3 Å². The molecule has 0 spiro atoms. The van der Waals surface area contributed by atoms with Gasteiger partial charge in [0.15, 0.2) is 5.60 Å². The number of benzene rings is 4. The van der Waals surface area contributed by atoms with Crippen molar-refractivity contribution in [1.29, 1.82) is 0 Å². The van der Waals surface area contributed by atoms with Gasteiger partial charge in [-0.2, -0.15) is 5.10 Å². The highest BCUT2D eigenvalue weighted by molar-refractivity contribution is 6.35. The Labute approximate surface area is 258 Å². The summed E-state index contributed by atoms with van der Waals surface area (Å²) in [6, 6.07) is 22.6. The van der Waals surface area contributed by atoms with Gasteiger partial charge in [0.25, 0.3) is 17.4 Å². The lowest BCUT2D eigenvalue weighted by atomic mass is 10.0. The molecule has 1 saturated heterocycles. The quantitative estimate of drug-likeness (QED) is 0.269. The van der Waals surface area contributed by atoms with Gasteiger partial charge in [-0.1, -0.05) is 60.1 Å². The van der Waals surface area contributed by atoms with Gasteiger partial charge in [0, 0.05) is 53.8 Å². The van der Waals surface area contributed by atoms with E-state index in [9.17, 15) is 18.8 Å². The number of carbonyl (C=O) groups is 2. The zero-order chi connectivity index (χ0) is 31.0. The molecule has 0 unspecified atom stereocenters. The lowest BCUT2D eigenvalue weighted by molar-refractivity contribution is -0.146. The van der Waals surface area contributed by atoms with Gasteiger partial charge in [0.05, 0.1) is 16.6 Å². The van der Waals surface area contributed by atoms with Gasteiger partial charge in [-0.15, -0.1) is 0 Å². The standard InChI is InChI=1S/C34H30ClFN4O4/c1-34(2,44-30-14-12-27(35)22-7-3-5-9-24(22)30)33(43)40-17-15-39(16-18-40)32(42)26-19-21(11-13-28(26)36)20-29-23-8-4-6-10-25(23)31(41)38-37-29/h3-14,19H,15-18,20H2,1-2H3,(H,38,41). The van der Waals surface area contributed by atoms with Crippen LogP contribution in [-0.4, -0.2) is 63.6 Å². The predicted octanol–water partition coefficient (Wildman–Crippen LogP) is 5.60. The molecule has 1 aliphatic rings. The molecule has 0 radical (unpaired) electrons. The number of H-pyrrole nitrogens is 1. The smallest absolute Gasteiger partial charge is 0.272 e. The molecule has 4 aromatic carbocycles. The molecule has 1 aliphatic heterocycles. The molecular weight excluding hydrogens is 583 g/mol. The first-order chi connectivity index (χ1) is 21.1. The molecule has 6 rings (SSSR count). The number of nitrogens with zero attached hydrogens (tertiary/aromatic N) is 3. The Hall–Kier alpha value is -4.76. The highest BCUT2D eigenvalue weighted by atomic mass is 35.5. The van der Waals surface area contributed by atoms with Gasteiger partial charge in [-0.3, -0.25) is 14.4 Å². The van der Waals surface area contributed by atoms with Gasteiger partial charge in [0.1, 0.15) is 11.6 Å². The van der Waals surface area contributed by atoms with Crippen LogP contribution in [0.15, 0.2) is 83.7 Å². The number of ether oxygens (including phenoxy) is 1. The molecule has 224 valence electrons. The van der Waals surface area contributed by atoms with Crippen LogP contribution in [-0.2, 0) is 11.2 Å². The summed E-state index contributed by atoms with van der Waals surface area (Å²) in [5.41, 5.74) is -0.210. The van der Waals surface area contributed by atoms with Crippen molar-refractivity contribution in [3.05, 3.63) is 117 Å². The van der Waals surface area contributed by atoms with Crippen LogP contribution in [0.3, 0.4) is 0 Å². The van der Waals surface area contributed by atoms with E-state index in [-0.39, 0.29) is 43.2 Å². The van der Waals surface area contributed by atoms with Crippen molar-refractivity contribution in [3.63, 3.8) is 0 Å². The van der Waals surface area contributed by atoms with E-state index in [1.807, 2.05) is 36.4 Å². The maximum absolute atomic E-state index is 14.9. The summed E-state index contributed by atoms with van der Waals surface area (Å²) < 4.78 is 21.2. The maximum atomic E-state index is 14.9. The lowest BCUT2D eigenvalue weighted by Crippen LogP contribution is -2.56. The number of fused-ring (bicyclic) bond motifs is 2. The fourth-order valence-electron chi connectivity index (χ4n) is 5.65. The number of hydrogen-bond acceptors (Lipinski definition) is 5. The van der Waals surface area contributed by atoms with Crippen molar-refractivity contribution in [2.24, 2.45) is 0 Å². The average Bonchev–Trinajstić information content (AvgIpc) is 3.04. The van der Waals surface area contributed by atoms with Crippen molar-refractivity contribution in [3.8, 4) is 5.75 Å². The van der Waals surface area contributed by atoms with Gasteiger partial charge in [-0.25, -0.2) is 9.49 Å². The van der Waals surface area contributed by atoms with Crippen LogP contribution >= 0.6 is 11.6 Å². The van der Waals surface area contributed by atoms with Crippen LogP contribution in [0, 0.1) is 5.82 Å². The predicted molar refractivity (Wildman–Crippen MR) is 168 cm³/mol. The van der Waals surface area contributed by atoms with Crippen molar-refractivity contribution in [1.82, 2.24) is 20.0 Å². The summed E-state index contributed by atoms with van der Waals surface area (Å²) >= 11 is 6.35. The normalized spacial score (nSPS) is 13.8. The van der Waals surface area contributed by atoms with E-state index in [1.54, 1.807) is 54.0 Å². The number of hydrogen-bond donors (Lipinski definition) is 1. The largest absolute Gasteiger partial charge is 0.477 e. The van der Waals surface area contributed by atoms with Gasteiger partial charge < -0.3 is 14.5 Å². The van der Waals surface area contributed by atoms with Crippen LogP contribution in [0.25, 0.3) is 21.5 Å². The highest BCUT2D eigenvalue weighted by Crippen LogP contribution is 2.34. The molecular formula is C34H30ClFN4O4. The average molecular weight is 613 g/mol. The molecule has 0 bridgehead atoms. The number of rotatable bonds is 6. The van der Waals surface area contributed by atoms with E-state index in [1.165, 1.54) is 12.1 Å². The molecule has 0 saturated carbocycles. The van der Waals surface area contributed by atoms with E-state index in [4.69, 9.17) is 16.3 Å². The third kappa shape index (κ3) is 5.63. The minimum Gasteiger partial charge on any atom is -0.477 e. The second kappa shape index (κ2) is 11.7. The molecule has 1 fully saturated rings. The summed E-state index contributed by atoms with van der Waals surface area (Å²) in [7, 11) is 0. The molecule has 2 amide bonds. The van der Waals surface area contributed by atoms with Crippen LogP contribution < -0.4 is 10.3 Å². The maximum Gasteiger partial charge on any atom is 0.272 e. The third-order valence-electron chi connectivity index (χ3n) is 7.97. The molecule has 5 aromatic rings. The lowest BCUT2D eigenvalue weighted by Gasteiger charge is -2.38. The number of carbonyl (C=O) groups excluding carboxylic acids is 2. The molecule has 1 N–H and O–H groups in total. The SMILES string of the molecule is CC(C)(Oc1ccc(Cl)c2ccccc12)C(=O)N1CCN(C(=O)c2cc(Cc3n[nH]c(=O)c4ccccc34)ccc2F)CC1. The van der Waals surface area contributed by atoms with Gasteiger partial charge in [-0.05, 0) is 49.7 Å². The summed E-state index contributed by atoms with van der Waals surface area (Å²) in [5, 5.41) is 10.2. The summed E-state index contributed by atoms with van der Waals surface area (Å²) in [5.74, 6) is -0.727. The van der Waals surface area contributed by atoms with Crippen LogP contribution in [0.2, 0.25) is 5.02 Å². The Morgan fingerprint density at radius 2 is 1.52 bits per heavy atom. The van der Waals surface area contributed by atoms with Crippen molar-refractivity contribution in [2.45, 2.75) is 25.9 Å². The van der Waals surface area contributed by atoms with Crippen molar-refractivity contribution >= 4 is 45.0 Å². The number of piperazine rings is 1. The van der Waals surface area contributed by atoms with Crippen molar-refractivity contribution < 1.29 is 18.7 Å². The van der Waals surface area contributed by atoms with E-state index in [2.05, 4.69) is 10.2 Å². The monoisotopic (exact) mass is 612 g/mol. The molecule has 0 atom stereocenters. The minimum absolute atomic E-state index is 0.0470. The third-order valence-corrected chi connectivity index (χ3v) is 8.30. The first-order valence-electron chi connectivity index (χ1n) is 14.3. The zero-order valence-electron chi connectivity index (χ0n) is 24.3. The molecule has 1 aromatic heterocycles. The van der Waals surface area contributed by atoms with Crippen LogP contribution in [0.5, 0.6) is 5.75 Å². The fourth-order valence-corrected chi connectivity index (χ4v) is 5.88. The number of halogens is 2. The number of aromatic amines is 1. The molecule has 44 heavy (non-hydrogen) atoms. The van der Waals surface area contributed by atoms with E-state index in [0.717, 1.165) is 10.8 Å². The van der Waals surface area contributed by atoms with Crippen LogP contribution in [0.1, 0.15) is 35.5 Å². The van der Waals surface area contributed by atoms with Crippen molar-refractivity contribution in [2.75, 3.05) is 26.2 Å². The number of nitrogens with one attached hydrogen (secondary N) is 1. The number of amides is 2. The molecule has 2 heterocycles. The molecule has 0 aliphatic carbocycles. The zero-order valence-corrected chi connectivity index (χ0v) is 25.0. The fraction of sp³-hybridized carbons (Fsp3) is 0.235. The Bertz CT molecular complexity index is 1970. The van der Waals surface area contributed by atoms with E-state index in [0.29, 0.717) is 39.2 Å². The molecule has 10 heteroatoms. The summed E-state index contributed by atoms with van der Waals surface area (Å²) in [6.45, 7) is 4.51. The first-order valence-corrected chi connectivity index (χ1v) is 14.7. The Morgan fingerprint density at radius 1 is 0.886 bits per heavy atom. The highest BCUT2D eigenvalue weighted by Gasteiger charge is 2.37. The number of aromatic nitrogens is 2. The summed E-state index contributed by atoms with van der Waals surface area (Å²) in [4.78, 5) is 42.4. The van der Waals surface area contributed by atoms with Gasteiger partial charge in [0.2, 0.25) is 0 Å². The Morgan fingerprint density at radius 3 is 2.25 bits per heavy atom. The summed E-state index contributed by atoms with van der Waals surface area (Å²) in [6.07, 6.45) is 0.304. The topological polar surface area (TPSA) is 95.6 Å². The minimum atomic E-state index is -1.18. The first kappa shape index (κ1) is 29.3. The second-order valence-corrected chi connectivity index (χ2v) is 11.7.